The van der Waals surface area contributed by atoms with Crippen molar-refractivity contribution < 1.29 is 4.79 Å². The average molecular weight is 251 g/mol. The van der Waals surface area contributed by atoms with Gasteiger partial charge in [-0.1, -0.05) is 31.2 Å². The van der Waals surface area contributed by atoms with Crippen LogP contribution >= 0.6 is 0 Å². The molecule has 3 rings (SSSR count). The molecular weight excluding hydrogens is 234 g/mol. The average Bonchev–Trinajstić information content (AvgIpc) is 2.75. The van der Waals surface area contributed by atoms with Gasteiger partial charge in [-0.3, -0.25) is 0 Å². The van der Waals surface area contributed by atoms with Crippen LogP contribution in [-0.4, -0.2) is 10.9 Å². The van der Waals surface area contributed by atoms with Crippen molar-refractivity contribution in [3.8, 4) is 0 Å². The molecule has 0 spiro atoms. The molecule has 0 radical (unpaired) electrons. The van der Waals surface area contributed by atoms with Gasteiger partial charge in [0.05, 0.1) is 0 Å². The van der Waals surface area contributed by atoms with Crippen LogP contribution in [0.15, 0.2) is 42.5 Å². The van der Waals surface area contributed by atoms with Crippen molar-refractivity contribution in [1.29, 1.82) is 0 Å². The fourth-order valence-electron chi connectivity index (χ4n) is 2.79. The number of hydrogen-bond donors (Lipinski definition) is 0. The molecule has 3 aromatic rings. The van der Waals surface area contributed by atoms with E-state index in [0.29, 0.717) is 6.42 Å². The molecule has 1 aromatic heterocycles. The van der Waals surface area contributed by atoms with Crippen LogP contribution in [0, 0.1) is 0 Å². The zero-order valence-electron chi connectivity index (χ0n) is 11.1. The quantitative estimate of drug-likeness (QED) is 0.644. The molecule has 0 amide bonds. The van der Waals surface area contributed by atoms with Crippen molar-refractivity contribution in [2.45, 2.75) is 26.3 Å². The Bertz CT molecular complexity index is 739. The molecule has 0 aliphatic rings. The lowest BCUT2D eigenvalue weighted by atomic mass is 10.1. The number of para-hydroxylation sites is 1. The molecule has 1 heterocycles. The summed E-state index contributed by atoms with van der Waals surface area (Å²) in [6.07, 6.45) is 2.57. The zero-order chi connectivity index (χ0) is 13.2. The Morgan fingerprint density at radius 1 is 1.05 bits per heavy atom. The molecule has 0 fully saturated rings. The van der Waals surface area contributed by atoms with Crippen LogP contribution in [0.25, 0.3) is 21.8 Å². The van der Waals surface area contributed by atoms with Crippen molar-refractivity contribution in [2.24, 2.45) is 0 Å². The lowest BCUT2D eigenvalue weighted by Crippen LogP contribution is -1.95. The highest BCUT2D eigenvalue weighted by atomic mass is 16.1. The van der Waals surface area contributed by atoms with Crippen LogP contribution in [0.4, 0.5) is 0 Å². The third-order valence-electron chi connectivity index (χ3n) is 3.60. The van der Waals surface area contributed by atoms with E-state index in [1.165, 1.54) is 21.8 Å². The topological polar surface area (TPSA) is 22.0 Å². The van der Waals surface area contributed by atoms with Crippen molar-refractivity contribution in [2.75, 3.05) is 0 Å². The molecule has 0 aliphatic heterocycles. The van der Waals surface area contributed by atoms with Gasteiger partial charge in [-0.05, 0) is 30.2 Å². The first-order chi connectivity index (χ1) is 9.35. The molecule has 0 saturated carbocycles. The Morgan fingerprint density at radius 2 is 1.84 bits per heavy atom. The summed E-state index contributed by atoms with van der Waals surface area (Å²) in [7, 11) is 0. The SMILES string of the molecule is CCCn1c2ccccc2c2cc(CC=O)ccc21. The van der Waals surface area contributed by atoms with Crippen LogP contribution in [0.1, 0.15) is 18.9 Å². The van der Waals surface area contributed by atoms with E-state index >= 15 is 0 Å². The molecule has 0 atom stereocenters. The van der Waals surface area contributed by atoms with E-state index in [2.05, 4.69) is 54.0 Å². The summed E-state index contributed by atoms with van der Waals surface area (Å²) < 4.78 is 2.37. The lowest BCUT2D eigenvalue weighted by molar-refractivity contribution is -0.107. The number of carbonyl (C=O) groups excluding carboxylic acids is 1. The van der Waals surface area contributed by atoms with Crippen LogP contribution < -0.4 is 0 Å². The number of aldehydes is 1. The highest BCUT2D eigenvalue weighted by molar-refractivity contribution is 6.08. The summed E-state index contributed by atoms with van der Waals surface area (Å²) in [4.78, 5) is 10.7. The van der Waals surface area contributed by atoms with Crippen LogP contribution in [0.2, 0.25) is 0 Å². The maximum atomic E-state index is 10.7. The van der Waals surface area contributed by atoms with E-state index in [0.717, 1.165) is 24.8 Å². The second-order valence-electron chi connectivity index (χ2n) is 4.89. The summed E-state index contributed by atoms with van der Waals surface area (Å²) in [6, 6.07) is 14.8. The summed E-state index contributed by atoms with van der Waals surface area (Å²) in [5.74, 6) is 0. The molecule has 19 heavy (non-hydrogen) atoms. The van der Waals surface area contributed by atoms with Gasteiger partial charge in [0.15, 0.2) is 0 Å². The van der Waals surface area contributed by atoms with Gasteiger partial charge in [-0.25, -0.2) is 0 Å². The number of fused-ring (bicyclic) bond motifs is 3. The third kappa shape index (κ3) is 1.93. The minimum atomic E-state index is 0.489. The number of rotatable bonds is 4. The normalized spacial score (nSPS) is 11.2. The molecule has 2 heteroatoms. The van der Waals surface area contributed by atoms with Crippen molar-refractivity contribution in [3.05, 3.63) is 48.0 Å². The van der Waals surface area contributed by atoms with E-state index in [9.17, 15) is 4.79 Å². The molecule has 96 valence electrons. The van der Waals surface area contributed by atoms with Crippen LogP contribution in [-0.2, 0) is 17.8 Å². The molecule has 0 aliphatic carbocycles. The standard InChI is InChI=1S/C17H17NO/c1-2-10-18-16-6-4-3-5-14(16)15-12-13(9-11-19)7-8-17(15)18/h3-8,11-12H,2,9-10H2,1H3. The molecule has 0 N–H and O–H groups in total. The molecule has 2 nitrogen and oxygen atoms in total. The molecule has 2 aromatic carbocycles. The molecular formula is C17H17NO. The number of hydrogen-bond acceptors (Lipinski definition) is 1. The van der Waals surface area contributed by atoms with E-state index in [1.54, 1.807) is 0 Å². The zero-order valence-corrected chi connectivity index (χ0v) is 11.1. The second kappa shape index (κ2) is 4.88. The molecule has 0 unspecified atom stereocenters. The Balaban J connectivity index is 2.34. The second-order valence-corrected chi connectivity index (χ2v) is 4.89. The number of carbonyl (C=O) groups is 1. The summed E-state index contributed by atoms with van der Waals surface area (Å²) >= 11 is 0. The van der Waals surface area contributed by atoms with Gasteiger partial charge in [0, 0.05) is 34.8 Å². The van der Waals surface area contributed by atoms with Crippen molar-refractivity contribution >= 4 is 28.1 Å². The first-order valence-electron chi connectivity index (χ1n) is 6.78. The fourth-order valence-corrected chi connectivity index (χ4v) is 2.79. The molecule has 0 saturated heterocycles. The predicted octanol–water partition coefficient (Wildman–Crippen LogP) is 3.95. The van der Waals surface area contributed by atoms with Crippen molar-refractivity contribution in [3.63, 3.8) is 0 Å². The largest absolute Gasteiger partial charge is 0.340 e. The van der Waals surface area contributed by atoms with Gasteiger partial charge in [0.2, 0.25) is 0 Å². The first-order valence-corrected chi connectivity index (χ1v) is 6.78. The van der Waals surface area contributed by atoms with Gasteiger partial charge in [-0.2, -0.15) is 0 Å². The van der Waals surface area contributed by atoms with E-state index < -0.39 is 0 Å². The van der Waals surface area contributed by atoms with Gasteiger partial charge >= 0.3 is 0 Å². The lowest BCUT2D eigenvalue weighted by Gasteiger charge is -2.05. The van der Waals surface area contributed by atoms with Crippen LogP contribution in [0.5, 0.6) is 0 Å². The number of aromatic nitrogens is 1. The third-order valence-corrected chi connectivity index (χ3v) is 3.60. The van der Waals surface area contributed by atoms with E-state index in [1.807, 2.05) is 0 Å². The summed E-state index contributed by atoms with van der Waals surface area (Å²) in [5.41, 5.74) is 3.63. The van der Waals surface area contributed by atoms with Crippen LogP contribution in [0.3, 0.4) is 0 Å². The highest BCUT2D eigenvalue weighted by Crippen LogP contribution is 2.29. The van der Waals surface area contributed by atoms with Gasteiger partial charge < -0.3 is 9.36 Å². The summed E-state index contributed by atoms with van der Waals surface area (Å²) in [5, 5.41) is 2.53. The maximum Gasteiger partial charge on any atom is 0.124 e. The van der Waals surface area contributed by atoms with Gasteiger partial charge in [-0.15, -0.1) is 0 Å². The smallest absolute Gasteiger partial charge is 0.124 e. The molecule has 0 bridgehead atoms. The Labute approximate surface area is 112 Å². The Kier molecular flexibility index (Phi) is 3.08. The minimum Gasteiger partial charge on any atom is -0.340 e. The number of benzene rings is 2. The fraction of sp³-hybridized carbons (Fsp3) is 0.235. The number of nitrogens with zero attached hydrogens (tertiary/aromatic N) is 1. The highest BCUT2D eigenvalue weighted by Gasteiger charge is 2.09. The minimum absolute atomic E-state index is 0.489. The number of aryl methyl sites for hydroxylation is 1. The summed E-state index contributed by atoms with van der Waals surface area (Å²) in [6.45, 7) is 3.22. The van der Waals surface area contributed by atoms with Gasteiger partial charge in [0.25, 0.3) is 0 Å². The maximum absolute atomic E-state index is 10.7. The monoisotopic (exact) mass is 251 g/mol. The Morgan fingerprint density at radius 3 is 2.63 bits per heavy atom. The first kappa shape index (κ1) is 12.0. The Hall–Kier alpha value is -2.09. The van der Waals surface area contributed by atoms with E-state index in [4.69, 9.17) is 0 Å². The van der Waals surface area contributed by atoms with Gasteiger partial charge in [0.1, 0.15) is 6.29 Å². The predicted molar refractivity (Wildman–Crippen MR) is 79.5 cm³/mol. The van der Waals surface area contributed by atoms with E-state index in [-0.39, 0.29) is 0 Å². The van der Waals surface area contributed by atoms with Crippen molar-refractivity contribution in [1.82, 2.24) is 4.57 Å².